The van der Waals surface area contributed by atoms with Gasteiger partial charge in [-0.15, -0.1) is 0 Å². The second kappa shape index (κ2) is 8.59. The third-order valence-electron chi connectivity index (χ3n) is 1.50. The van der Waals surface area contributed by atoms with Crippen LogP contribution in [0.2, 0.25) is 0 Å². The summed E-state index contributed by atoms with van der Waals surface area (Å²) in [6, 6.07) is 0. The number of hydrogen-bond acceptors (Lipinski definition) is 4. The molecular weight excluding hydrogens is 200 g/mol. The lowest BCUT2D eigenvalue weighted by atomic mass is 10.3. The molecule has 0 aromatic rings. The number of nitrogens with one attached hydrogen (secondary N) is 1. The zero-order chi connectivity index (χ0) is 10.8. The first-order chi connectivity index (χ1) is 6.78. The third kappa shape index (κ3) is 5.61. The molecule has 1 N–H and O–H groups in total. The van der Waals surface area contributed by atoms with Gasteiger partial charge < -0.3 is 5.32 Å². The first-order valence-corrected chi connectivity index (χ1v) is 4.58. The van der Waals surface area contributed by atoms with Crippen molar-refractivity contribution in [3.8, 4) is 0 Å². The van der Waals surface area contributed by atoms with E-state index in [-0.39, 0.29) is 0 Å². The van der Waals surface area contributed by atoms with Crippen LogP contribution in [0, 0.1) is 0 Å². The standard InChI is InChI=1S/C9H15ClN4/c1-11-5-8(12-2)4-9(13-3)6-14-7-10/h4,7,11H,2,5-6H2,1,3H3/b8-4-,13-9?,14-7?. The molecule has 0 aliphatic carbocycles. The van der Waals surface area contributed by atoms with E-state index in [9.17, 15) is 0 Å². The summed E-state index contributed by atoms with van der Waals surface area (Å²) < 4.78 is 0. The molecule has 78 valence electrons. The van der Waals surface area contributed by atoms with Crippen LogP contribution in [-0.4, -0.2) is 45.3 Å². The van der Waals surface area contributed by atoms with Gasteiger partial charge in [0.15, 0.2) is 0 Å². The summed E-state index contributed by atoms with van der Waals surface area (Å²) in [5, 5.41) is 2.98. The van der Waals surface area contributed by atoms with Gasteiger partial charge in [0, 0.05) is 13.6 Å². The Morgan fingerprint density at radius 3 is 2.71 bits per heavy atom. The van der Waals surface area contributed by atoms with E-state index in [1.807, 2.05) is 13.1 Å². The highest BCUT2D eigenvalue weighted by Crippen LogP contribution is 1.95. The summed E-state index contributed by atoms with van der Waals surface area (Å²) >= 11 is 5.32. The summed E-state index contributed by atoms with van der Waals surface area (Å²) in [6.45, 7) is 4.59. The molecule has 0 amide bonds. The van der Waals surface area contributed by atoms with Gasteiger partial charge in [0.05, 0.1) is 23.6 Å². The monoisotopic (exact) mass is 214 g/mol. The summed E-state index contributed by atoms with van der Waals surface area (Å²) in [6.07, 6.45) is 1.84. The molecule has 0 fully saturated rings. The first kappa shape index (κ1) is 13.0. The van der Waals surface area contributed by atoms with Crippen LogP contribution in [0.15, 0.2) is 26.8 Å². The molecule has 0 aromatic carbocycles. The fourth-order valence-electron chi connectivity index (χ4n) is 0.835. The average molecular weight is 215 g/mol. The Morgan fingerprint density at radius 2 is 2.29 bits per heavy atom. The van der Waals surface area contributed by atoms with Crippen molar-refractivity contribution in [3.63, 3.8) is 0 Å². The minimum Gasteiger partial charge on any atom is -0.314 e. The Labute approximate surface area is 89.5 Å². The van der Waals surface area contributed by atoms with Gasteiger partial charge in [-0.25, -0.2) is 0 Å². The summed E-state index contributed by atoms with van der Waals surface area (Å²) in [4.78, 5) is 11.8. The van der Waals surface area contributed by atoms with E-state index >= 15 is 0 Å². The van der Waals surface area contributed by atoms with Crippen LogP contribution in [0.3, 0.4) is 0 Å². The zero-order valence-electron chi connectivity index (χ0n) is 8.50. The minimum atomic E-state index is 0.461. The second-order valence-corrected chi connectivity index (χ2v) is 2.67. The molecule has 0 saturated carbocycles. The molecule has 0 spiro atoms. The van der Waals surface area contributed by atoms with Crippen LogP contribution in [-0.2, 0) is 0 Å². The van der Waals surface area contributed by atoms with Crippen molar-refractivity contribution in [3.05, 3.63) is 11.8 Å². The lowest BCUT2D eigenvalue weighted by Gasteiger charge is -2.00. The van der Waals surface area contributed by atoms with Gasteiger partial charge in [0.2, 0.25) is 0 Å². The number of halogens is 1. The molecule has 14 heavy (non-hydrogen) atoms. The van der Waals surface area contributed by atoms with E-state index in [1.54, 1.807) is 7.05 Å². The summed E-state index contributed by atoms with van der Waals surface area (Å²) in [7, 11) is 3.55. The average Bonchev–Trinajstić information content (AvgIpc) is 2.22. The SMILES string of the molecule is C=N/C(=C\C(CN=CCl)=NC)CNC. The van der Waals surface area contributed by atoms with E-state index in [1.165, 1.54) is 5.67 Å². The van der Waals surface area contributed by atoms with Gasteiger partial charge in [-0.1, -0.05) is 11.6 Å². The smallest absolute Gasteiger partial charge is 0.0875 e. The lowest BCUT2D eigenvalue weighted by Crippen LogP contribution is -2.11. The fourth-order valence-corrected chi connectivity index (χ4v) is 0.904. The largest absolute Gasteiger partial charge is 0.314 e. The predicted molar refractivity (Wildman–Crippen MR) is 64.1 cm³/mol. The summed E-state index contributed by atoms with van der Waals surface area (Å²) in [5.74, 6) is 0. The van der Waals surface area contributed by atoms with Crippen molar-refractivity contribution in [2.75, 3.05) is 27.2 Å². The van der Waals surface area contributed by atoms with E-state index < -0.39 is 0 Å². The fraction of sp³-hybridized carbons (Fsp3) is 0.444. The van der Waals surface area contributed by atoms with E-state index in [0.29, 0.717) is 13.1 Å². The van der Waals surface area contributed by atoms with Crippen LogP contribution >= 0.6 is 11.6 Å². The molecule has 0 aliphatic heterocycles. The molecule has 0 saturated heterocycles. The highest BCUT2D eigenvalue weighted by molar-refractivity contribution is 6.56. The van der Waals surface area contributed by atoms with Gasteiger partial charge >= 0.3 is 0 Å². The molecule has 0 unspecified atom stereocenters. The molecule has 0 bridgehead atoms. The maximum Gasteiger partial charge on any atom is 0.0875 e. The molecule has 0 aromatic heterocycles. The third-order valence-corrected chi connectivity index (χ3v) is 1.64. The van der Waals surface area contributed by atoms with Crippen LogP contribution < -0.4 is 5.32 Å². The molecule has 0 atom stereocenters. The topological polar surface area (TPSA) is 49.1 Å². The van der Waals surface area contributed by atoms with Gasteiger partial charge in [-0.3, -0.25) is 15.0 Å². The maximum atomic E-state index is 5.32. The number of rotatable bonds is 6. The molecule has 0 aliphatic rings. The van der Waals surface area contributed by atoms with Crippen molar-refractivity contribution in [1.82, 2.24) is 5.32 Å². The van der Waals surface area contributed by atoms with Crippen molar-refractivity contribution < 1.29 is 0 Å². The Morgan fingerprint density at radius 1 is 1.57 bits per heavy atom. The normalized spacial score (nSPS) is 13.6. The molecule has 0 radical (unpaired) electrons. The van der Waals surface area contributed by atoms with Gasteiger partial charge in [0.25, 0.3) is 0 Å². The number of aliphatic imine (C=N–C) groups is 3. The zero-order valence-corrected chi connectivity index (χ0v) is 9.25. The van der Waals surface area contributed by atoms with Crippen LogP contribution in [0.25, 0.3) is 0 Å². The van der Waals surface area contributed by atoms with Gasteiger partial charge in [-0.05, 0) is 19.8 Å². The van der Waals surface area contributed by atoms with Crippen molar-refractivity contribution >= 4 is 29.7 Å². The number of hydrogen-bond donors (Lipinski definition) is 1. The summed E-state index contributed by atoms with van der Waals surface area (Å²) in [5.41, 5.74) is 2.88. The highest BCUT2D eigenvalue weighted by atomic mass is 35.5. The minimum absolute atomic E-state index is 0.461. The number of likely N-dealkylation sites (N-methyl/N-ethyl adjacent to an activating group) is 1. The maximum absolute atomic E-state index is 5.32. The molecule has 4 nitrogen and oxygen atoms in total. The Hall–Kier alpha value is -1.00. The number of nitrogens with zero attached hydrogens (tertiary/aromatic N) is 3. The van der Waals surface area contributed by atoms with Gasteiger partial charge in [0.1, 0.15) is 0 Å². The lowest BCUT2D eigenvalue weighted by molar-refractivity contribution is 0.873. The Kier molecular flexibility index (Phi) is 7.98. The van der Waals surface area contributed by atoms with Crippen molar-refractivity contribution in [2.24, 2.45) is 15.0 Å². The molecule has 0 heterocycles. The first-order valence-electron chi connectivity index (χ1n) is 4.14. The highest BCUT2D eigenvalue weighted by Gasteiger charge is 1.96. The Bertz CT molecular complexity index is 256. The molecular formula is C9H15ClN4. The Balaban J connectivity index is 4.45. The van der Waals surface area contributed by atoms with Crippen LogP contribution in [0.1, 0.15) is 0 Å². The predicted octanol–water partition coefficient (Wildman–Crippen LogP) is 1.13. The van der Waals surface area contributed by atoms with E-state index in [2.05, 4.69) is 27.0 Å². The van der Waals surface area contributed by atoms with Gasteiger partial charge in [-0.2, -0.15) is 0 Å². The van der Waals surface area contributed by atoms with Crippen LogP contribution in [0.4, 0.5) is 0 Å². The second-order valence-electron chi connectivity index (χ2n) is 2.48. The molecule has 0 rings (SSSR count). The van der Waals surface area contributed by atoms with Crippen molar-refractivity contribution in [2.45, 2.75) is 0 Å². The van der Waals surface area contributed by atoms with E-state index in [0.717, 1.165) is 11.4 Å². The quantitative estimate of drug-likeness (QED) is 0.662. The van der Waals surface area contributed by atoms with Crippen molar-refractivity contribution in [1.29, 1.82) is 0 Å². The van der Waals surface area contributed by atoms with Crippen LogP contribution in [0.5, 0.6) is 0 Å². The van der Waals surface area contributed by atoms with E-state index in [4.69, 9.17) is 11.6 Å². The molecule has 5 heteroatoms.